The van der Waals surface area contributed by atoms with E-state index in [1.54, 1.807) is 19.5 Å². The van der Waals surface area contributed by atoms with Gasteiger partial charge in [-0.15, -0.1) is 0 Å². The SMILES string of the molecule is COc1ccc(-c2ccc(CNC(=O)C(Cl)Cl)c3cnccc23)cc1C. The van der Waals surface area contributed by atoms with Crippen LogP contribution in [0.3, 0.4) is 0 Å². The average Bonchev–Trinajstić information content (AvgIpc) is 2.65. The third-order valence-electron chi connectivity index (χ3n) is 4.27. The maximum atomic E-state index is 11.6. The Morgan fingerprint density at radius 3 is 2.69 bits per heavy atom. The standard InChI is InChI=1S/C20H18Cl2N2O2/c1-12-9-13(4-6-18(12)26-2)15-5-3-14(10-24-20(25)19(21)22)17-11-23-8-7-16(15)17/h3-9,11,19H,10H2,1-2H3,(H,24,25). The number of ether oxygens (including phenoxy) is 1. The van der Waals surface area contributed by atoms with Crippen LogP contribution in [0.4, 0.5) is 0 Å². The van der Waals surface area contributed by atoms with E-state index < -0.39 is 10.7 Å². The third-order valence-corrected chi connectivity index (χ3v) is 4.66. The van der Waals surface area contributed by atoms with Gasteiger partial charge in [0.05, 0.1) is 7.11 Å². The van der Waals surface area contributed by atoms with Crippen LogP contribution in [0, 0.1) is 6.92 Å². The Labute approximate surface area is 162 Å². The molecule has 1 heterocycles. The predicted octanol–water partition coefficient (Wildman–Crippen LogP) is 4.64. The van der Waals surface area contributed by atoms with Crippen LogP contribution in [0.2, 0.25) is 0 Å². The zero-order valence-electron chi connectivity index (χ0n) is 14.4. The lowest BCUT2D eigenvalue weighted by Crippen LogP contribution is -2.27. The van der Waals surface area contributed by atoms with Crippen LogP contribution in [0.1, 0.15) is 11.1 Å². The van der Waals surface area contributed by atoms with E-state index >= 15 is 0 Å². The first-order valence-corrected chi connectivity index (χ1v) is 8.95. The van der Waals surface area contributed by atoms with Gasteiger partial charge in [0.15, 0.2) is 4.84 Å². The van der Waals surface area contributed by atoms with Crippen molar-refractivity contribution in [3.63, 3.8) is 0 Å². The molecule has 0 unspecified atom stereocenters. The number of carbonyl (C=O) groups is 1. The van der Waals surface area contributed by atoms with Gasteiger partial charge in [-0.05, 0) is 52.8 Å². The summed E-state index contributed by atoms with van der Waals surface area (Å²) in [6.45, 7) is 2.35. The van der Waals surface area contributed by atoms with Crippen molar-refractivity contribution < 1.29 is 9.53 Å². The van der Waals surface area contributed by atoms with Gasteiger partial charge in [-0.25, -0.2) is 0 Å². The molecule has 6 heteroatoms. The van der Waals surface area contributed by atoms with Crippen molar-refractivity contribution in [1.29, 1.82) is 0 Å². The van der Waals surface area contributed by atoms with E-state index in [-0.39, 0.29) is 0 Å². The highest BCUT2D eigenvalue weighted by atomic mass is 35.5. The van der Waals surface area contributed by atoms with E-state index in [0.29, 0.717) is 6.54 Å². The van der Waals surface area contributed by atoms with Crippen molar-refractivity contribution in [1.82, 2.24) is 10.3 Å². The quantitative estimate of drug-likeness (QED) is 0.647. The van der Waals surface area contributed by atoms with E-state index in [1.165, 1.54) is 0 Å². The maximum absolute atomic E-state index is 11.6. The molecule has 3 rings (SSSR count). The van der Waals surface area contributed by atoms with Crippen LogP contribution in [-0.4, -0.2) is 22.8 Å². The fraction of sp³-hybridized carbons (Fsp3) is 0.200. The van der Waals surface area contributed by atoms with E-state index in [4.69, 9.17) is 27.9 Å². The molecule has 0 fully saturated rings. The summed E-state index contributed by atoms with van der Waals surface area (Å²) < 4.78 is 5.34. The Hall–Kier alpha value is -2.30. The second-order valence-electron chi connectivity index (χ2n) is 5.90. The number of carbonyl (C=O) groups excluding carboxylic acids is 1. The Balaban J connectivity index is 2.03. The molecular weight excluding hydrogens is 371 g/mol. The second-order valence-corrected chi connectivity index (χ2v) is 6.99. The van der Waals surface area contributed by atoms with Crippen molar-refractivity contribution in [3.8, 4) is 16.9 Å². The zero-order valence-corrected chi connectivity index (χ0v) is 15.9. The highest BCUT2D eigenvalue weighted by molar-refractivity contribution is 6.53. The van der Waals surface area contributed by atoms with E-state index in [1.807, 2.05) is 37.3 Å². The number of methoxy groups -OCH3 is 1. The lowest BCUT2D eigenvalue weighted by Gasteiger charge is -2.13. The smallest absolute Gasteiger partial charge is 0.253 e. The van der Waals surface area contributed by atoms with Gasteiger partial charge in [-0.3, -0.25) is 9.78 Å². The van der Waals surface area contributed by atoms with Crippen LogP contribution >= 0.6 is 23.2 Å². The number of aromatic nitrogens is 1. The number of nitrogens with one attached hydrogen (secondary N) is 1. The highest BCUT2D eigenvalue weighted by Gasteiger charge is 2.13. The van der Waals surface area contributed by atoms with Crippen LogP contribution in [0.25, 0.3) is 21.9 Å². The van der Waals surface area contributed by atoms with Gasteiger partial charge < -0.3 is 10.1 Å². The summed E-state index contributed by atoms with van der Waals surface area (Å²) >= 11 is 11.2. The number of halogens is 2. The molecule has 26 heavy (non-hydrogen) atoms. The number of aryl methyl sites for hydroxylation is 1. The van der Waals surface area contributed by atoms with Gasteiger partial charge in [0, 0.05) is 24.3 Å². The average molecular weight is 389 g/mol. The fourth-order valence-electron chi connectivity index (χ4n) is 2.96. The molecule has 1 amide bonds. The number of alkyl halides is 2. The zero-order chi connectivity index (χ0) is 18.7. The summed E-state index contributed by atoms with van der Waals surface area (Å²) in [6, 6.07) is 12.1. The molecule has 1 aromatic heterocycles. The number of nitrogens with zero attached hydrogens (tertiary/aromatic N) is 1. The Morgan fingerprint density at radius 2 is 2.00 bits per heavy atom. The molecular formula is C20H18Cl2N2O2. The van der Waals surface area contributed by atoms with Crippen molar-refractivity contribution >= 4 is 39.9 Å². The molecule has 0 aliphatic heterocycles. The first-order chi connectivity index (χ1) is 12.5. The molecule has 0 spiro atoms. The van der Waals surface area contributed by atoms with Gasteiger partial charge in [-0.1, -0.05) is 41.4 Å². The van der Waals surface area contributed by atoms with Crippen LogP contribution in [0.15, 0.2) is 48.8 Å². The summed E-state index contributed by atoms with van der Waals surface area (Å²) in [5.74, 6) is 0.441. The maximum Gasteiger partial charge on any atom is 0.253 e. The minimum Gasteiger partial charge on any atom is -0.496 e. The van der Waals surface area contributed by atoms with Gasteiger partial charge in [0.25, 0.3) is 5.91 Å². The van der Waals surface area contributed by atoms with Gasteiger partial charge in [-0.2, -0.15) is 0 Å². The summed E-state index contributed by atoms with van der Waals surface area (Å²) in [7, 11) is 1.67. The van der Waals surface area contributed by atoms with Crippen molar-refractivity contribution in [2.45, 2.75) is 18.3 Å². The number of pyridine rings is 1. The molecule has 4 nitrogen and oxygen atoms in total. The minimum atomic E-state index is -1.08. The molecule has 0 saturated heterocycles. The summed E-state index contributed by atoms with van der Waals surface area (Å²) in [6.07, 6.45) is 3.56. The number of rotatable bonds is 5. The molecule has 0 saturated carbocycles. The van der Waals surface area contributed by atoms with Crippen molar-refractivity contribution in [2.24, 2.45) is 0 Å². The number of hydrogen-bond acceptors (Lipinski definition) is 3. The molecule has 134 valence electrons. The highest BCUT2D eigenvalue weighted by Crippen LogP contribution is 2.32. The summed E-state index contributed by atoms with van der Waals surface area (Å²) in [5, 5.41) is 4.76. The molecule has 0 radical (unpaired) electrons. The van der Waals surface area contributed by atoms with Gasteiger partial charge in [0.2, 0.25) is 0 Å². The monoisotopic (exact) mass is 388 g/mol. The lowest BCUT2D eigenvalue weighted by molar-refractivity contribution is -0.119. The van der Waals surface area contributed by atoms with E-state index in [2.05, 4.69) is 16.4 Å². The molecule has 0 aliphatic rings. The second kappa shape index (κ2) is 7.94. The van der Waals surface area contributed by atoms with E-state index in [9.17, 15) is 4.79 Å². The molecule has 0 atom stereocenters. The number of fused-ring (bicyclic) bond motifs is 1. The van der Waals surface area contributed by atoms with Crippen molar-refractivity contribution in [3.05, 3.63) is 59.9 Å². The Morgan fingerprint density at radius 1 is 1.19 bits per heavy atom. The molecule has 0 aliphatic carbocycles. The number of amides is 1. The third kappa shape index (κ3) is 3.76. The van der Waals surface area contributed by atoms with Gasteiger partial charge in [0.1, 0.15) is 5.75 Å². The first kappa shape index (κ1) is 18.5. The van der Waals surface area contributed by atoms with E-state index in [0.717, 1.165) is 38.8 Å². The Bertz CT molecular complexity index is 958. The molecule has 0 bridgehead atoms. The topological polar surface area (TPSA) is 51.2 Å². The normalized spacial score (nSPS) is 11.0. The summed E-state index contributed by atoms with van der Waals surface area (Å²) in [5.41, 5.74) is 4.20. The largest absolute Gasteiger partial charge is 0.496 e. The molecule has 1 N–H and O–H groups in total. The summed E-state index contributed by atoms with van der Waals surface area (Å²) in [4.78, 5) is 14.8. The first-order valence-electron chi connectivity index (χ1n) is 8.07. The predicted molar refractivity (Wildman–Crippen MR) is 106 cm³/mol. The van der Waals surface area contributed by atoms with Crippen molar-refractivity contribution in [2.75, 3.05) is 7.11 Å². The number of hydrogen-bond donors (Lipinski definition) is 1. The lowest BCUT2D eigenvalue weighted by atomic mass is 9.95. The number of benzene rings is 2. The van der Waals surface area contributed by atoms with Crippen LogP contribution < -0.4 is 10.1 Å². The molecule has 2 aromatic carbocycles. The van der Waals surface area contributed by atoms with Crippen LogP contribution in [0.5, 0.6) is 5.75 Å². The molecule has 3 aromatic rings. The minimum absolute atomic E-state index is 0.332. The van der Waals surface area contributed by atoms with Gasteiger partial charge >= 0.3 is 0 Å². The van der Waals surface area contributed by atoms with Crippen LogP contribution in [-0.2, 0) is 11.3 Å². The fourth-order valence-corrected chi connectivity index (χ4v) is 3.11. The Kier molecular flexibility index (Phi) is 5.64.